The second kappa shape index (κ2) is 6.57. The van der Waals surface area contributed by atoms with Crippen molar-refractivity contribution in [3.05, 3.63) is 47.5 Å². The Morgan fingerprint density at radius 3 is 2.91 bits per heavy atom. The van der Waals surface area contributed by atoms with Crippen molar-refractivity contribution in [2.45, 2.75) is 25.4 Å². The third kappa shape index (κ3) is 3.35. The Hall–Kier alpha value is -1.75. The molecule has 3 nitrogen and oxygen atoms in total. The molecule has 1 aliphatic heterocycles. The first-order valence-electron chi connectivity index (χ1n) is 7.64. The number of halogens is 2. The predicted molar refractivity (Wildman–Crippen MR) is 78.1 cm³/mol. The Morgan fingerprint density at radius 1 is 1.32 bits per heavy atom. The lowest BCUT2D eigenvalue weighted by molar-refractivity contribution is -0.139. The minimum absolute atomic E-state index is 0.104. The number of amides is 1. The van der Waals surface area contributed by atoms with Crippen LogP contribution in [0.2, 0.25) is 0 Å². The Kier molecular flexibility index (Phi) is 4.52. The van der Waals surface area contributed by atoms with Gasteiger partial charge in [-0.2, -0.15) is 0 Å². The molecule has 0 N–H and O–H groups in total. The summed E-state index contributed by atoms with van der Waals surface area (Å²) in [5.41, 5.74) is 0.567. The van der Waals surface area contributed by atoms with E-state index in [4.69, 9.17) is 4.74 Å². The molecular formula is C17H19F2NO2. The number of benzene rings is 1. The quantitative estimate of drug-likeness (QED) is 0.803. The minimum Gasteiger partial charge on any atom is -0.370 e. The smallest absolute Gasteiger partial charge is 0.223 e. The monoisotopic (exact) mass is 307 g/mol. The van der Waals surface area contributed by atoms with Crippen molar-refractivity contribution in [1.29, 1.82) is 0 Å². The lowest BCUT2D eigenvalue weighted by Crippen LogP contribution is -2.42. The first kappa shape index (κ1) is 15.2. The van der Waals surface area contributed by atoms with E-state index < -0.39 is 17.7 Å². The third-order valence-electron chi connectivity index (χ3n) is 4.28. The summed E-state index contributed by atoms with van der Waals surface area (Å²) in [4.78, 5) is 14.1. The van der Waals surface area contributed by atoms with Gasteiger partial charge in [-0.1, -0.05) is 18.2 Å². The number of nitrogens with zero attached hydrogens (tertiary/aromatic N) is 1. The van der Waals surface area contributed by atoms with Crippen molar-refractivity contribution in [1.82, 2.24) is 4.90 Å². The molecule has 0 unspecified atom stereocenters. The van der Waals surface area contributed by atoms with E-state index in [9.17, 15) is 13.6 Å². The van der Waals surface area contributed by atoms with Crippen LogP contribution in [-0.4, -0.2) is 30.5 Å². The zero-order valence-electron chi connectivity index (χ0n) is 12.3. The van der Waals surface area contributed by atoms with Crippen molar-refractivity contribution in [3.63, 3.8) is 0 Å². The highest BCUT2D eigenvalue weighted by atomic mass is 19.2. The molecule has 2 aliphatic rings. The van der Waals surface area contributed by atoms with E-state index in [0.29, 0.717) is 37.6 Å². The highest BCUT2D eigenvalue weighted by Crippen LogP contribution is 2.26. The van der Waals surface area contributed by atoms with Crippen LogP contribution in [0.4, 0.5) is 8.78 Å². The number of hydrogen-bond donors (Lipinski definition) is 0. The second-order valence-electron chi connectivity index (χ2n) is 5.84. The molecule has 0 saturated carbocycles. The van der Waals surface area contributed by atoms with E-state index in [0.717, 1.165) is 25.0 Å². The fraction of sp³-hybridized carbons (Fsp3) is 0.471. The lowest BCUT2D eigenvalue weighted by atomic mass is 10.0. The Bertz CT molecular complexity index is 588. The maximum absolute atomic E-state index is 13.3. The Morgan fingerprint density at radius 2 is 2.18 bits per heavy atom. The number of carbonyl (C=O) groups is 1. The van der Waals surface area contributed by atoms with Crippen LogP contribution in [0, 0.1) is 17.6 Å². The molecule has 5 heteroatoms. The lowest BCUT2D eigenvalue weighted by Gasteiger charge is -2.33. The Labute approximate surface area is 128 Å². The van der Waals surface area contributed by atoms with Crippen LogP contribution in [0.15, 0.2) is 30.4 Å². The van der Waals surface area contributed by atoms with Crippen LogP contribution in [-0.2, 0) is 9.53 Å². The summed E-state index contributed by atoms with van der Waals surface area (Å²) in [5, 5.41) is 0. The van der Waals surface area contributed by atoms with Gasteiger partial charge in [-0.05, 0) is 36.5 Å². The molecule has 22 heavy (non-hydrogen) atoms. The summed E-state index contributed by atoms with van der Waals surface area (Å²) in [6, 6.07) is 3.75. The third-order valence-corrected chi connectivity index (χ3v) is 4.28. The zero-order chi connectivity index (χ0) is 15.5. The molecule has 0 aromatic heterocycles. The van der Waals surface area contributed by atoms with Crippen molar-refractivity contribution < 1.29 is 18.3 Å². The van der Waals surface area contributed by atoms with Crippen molar-refractivity contribution >= 4 is 5.91 Å². The molecule has 1 amide bonds. The molecule has 118 valence electrons. The molecule has 1 aromatic rings. The van der Waals surface area contributed by atoms with Crippen molar-refractivity contribution in [2.24, 2.45) is 5.92 Å². The number of morpholine rings is 1. The van der Waals surface area contributed by atoms with Gasteiger partial charge >= 0.3 is 0 Å². The van der Waals surface area contributed by atoms with Crippen LogP contribution in [0.5, 0.6) is 0 Å². The highest BCUT2D eigenvalue weighted by molar-refractivity contribution is 5.77. The normalized spacial score (nSPS) is 24.7. The van der Waals surface area contributed by atoms with Crippen molar-refractivity contribution in [2.75, 3.05) is 19.7 Å². The van der Waals surface area contributed by atoms with E-state index in [1.165, 1.54) is 6.07 Å². The minimum atomic E-state index is -0.888. The average molecular weight is 307 g/mol. The SMILES string of the molecule is O=C(C[C@@H]1C=CCC1)N1CCO[C@@H](c2ccc(F)c(F)c2)C1. The zero-order valence-corrected chi connectivity index (χ0v) is 12.3. The van der Waals surface area contributed by atoms with Crippen LogP contribution < -0.4 is 0 Å². The topological polar surface area (TPSA) is 29.5 Å². The van der Waals surface area contributed by atoms with Gasteiger partial charge in [-0.15, -0.1) is 0 Å². The predicted octanol–water partition coefficient (Wildman–Crippen LogP) is 3.22. The summed E-state index contributed by atoms with van der Waals surface area (Å²) in [6.45, 7) is 1.35. The molecule has 1 heterocycles. The number of rotatable bonds is 3. The largest absolute Gasteiger partial charge is 0.370 e. The van der Waals surface area contributed by atoms with Crippen LogP contribution >= 0.6 is 0 Å². The summed E-state index contributed by atoms with van der Waals surface area (Å²) in [6.07, 6.45) is 6.40. The molecule has 3 rings (SSSR count). The van der Waals surface area contributed by atoms with E-state index in [2.05, 4.69) is 12.2 Å². The van der Waals surface area contributed by atoms with E-state index in [1.807, 2.05) is 0 Å². The van der Waals surface area contributed by atoms with Gasteiger partial charge in [0.05, 0.1) is 13.2 Å². The molecular weight excluding hydrogens is 288 g/mol. The van der Waals surface area contributed by atoms with Gasteiger partial charge in [0.2, 0.25) is 5.91 Å². The van der Waals surface area contributed by atoms with Crippen LogP contribution in [0.3, 0.4) is 0 Å². The van der Waals surface area contributed by atoms with Crippen LogP contribution in [0.25, 0.3) is 0 Å². The molecule has 0 bridgehead atoms. The Balaban J connectivity index is 1.64. The van der Waals surface area contributed by atoms with Crippen molar-refractivity contribution in [3.8, 4) is 0 Å². The molecule has 0 radical (unpaired) electrons. The van der Waals surface area contributed by atoms with Gasteiger partial charge in [0.25, 0.3) is 0 Å². The first-order chi connectivity index (χ1) is 10.6. The summed E-state index contributed by atoms with van der Waals surface area (Å²) in [5.74, 6) is -1.33. The molecule has 1 saturated heterocycles. The second-order valence-corrected chi connectivity index (χ2v) is 5.84. The number of allylic oxidation sites excluding steroid dienone is 2. The van der Waals surface area contributed by atoms with Gasteiger partial charge in [-0.3, -0.25) is 4.79 Å². The fourth-order valence-electron chi connectivity index (χ4n) is 3.01. The number of hydrogen-bond acceptors (Lipinski definition) is 2. The average Bonchev–Trinajstić information content (AvgIpc) is 3.03. The van der Waals surface area contributed by atoms with Gasteiger partial charge in [0.1, 0.15) is 6.10 Å². The van der Waals surface area contributed by atoms with E-state index in [-0.39, 0.29) is 5.91 Å². The molecule has 1 aliphatic carbocycles. The summed E-state index contributed by atoms with van der Waals surface area (Å²) >= 11 is 0. The van der Waals surface area contributed by atoms with Gasteiger partial charge in [-0.25, -0.2) is 8.78 Å². The van der Waals surface area contributed by atoms with E-state index in [1.54, 1.807) is 4.90 Å². The molecule has 1 aromatic carbocycles. The van der Waals surface area contributed by atoms with Gasteiger partial charge in [0, 0.05) is 13.0 Å². The molecule has 2 atom stereocenters. The summed E-state index contributed by atoms with van der Waals surface area (Å²) < 4.78 is 32.0. The maximum Gasteiger partial charge on any atom is 0.223 e. The maximum atomic E-state index is 13.3. The number of ether oxygens (including phenoxy) is 1. The standard InChI is InChI=1S/C17H19F2NO2/c18-14-6-5-13(10-15(14)19)16-11-20(7-8-22-16)17(21)9-12-3-1-2-4-12/h1,3,5-6,10,12,16H,2,4,7-9,11H2/t12-,16-/m1/s1. The first-order valence-corrected chi connectivity index (χ1v) is 7.64. The molecule has 0 spiro atoms. The van der Waals surface area contributed by atoms with E-state index >= 15 is 0 Å². The highest BCUT2D eigenvalue weighted by Gasteiger charge is 2.27. The fourth-order valence-corrected chi connectivity index (χ4v) is 3.01. The summed E-state index contributed by atoms with van der Waals surface area (Å²) in [7, 11) is 0. The number of carbonyl (C=O) groups excluding carboxylic acids is 1. The van der Waals surface area contributed by atoms with Gasteiger partial charge < -0.3 is 9.64 Å². The van der Waals surface area contributed by atoms with Gasteiger partial charge in [0.15, 0.2) is 11.6 Å². The van der Waals surface area contributed by atoms with Crippen LogP contribution in [0.1, 0.15) is 30.9 Å². The molecule has 1 fully saturated rings.